The molecule has 0 aliphatic rings. The van der Waals surface area contributed by atoms with Gasteiger partial charge in [-0.1, -0.05) is 22.0 Å². The van der Waals surface area contributed by atoms with Crippen molar-refractivity contribution in [2.75, 3.05) is 5.32 Å². The van der Waals surface area contributed by atoms with Gasteiger partial charge in [-0.3, -0.25) is 4.98 Å². The highest BCUT2D eigenvalue weighted by Crippen LogP contribution is 2.26. The molecule has 2 aromatic rings. The molecule has 0 aliphatic heterocycles. The summed E-state index contributed by atoms with van der Waals surface area (Å²) in [7, 11) is 0. The minimum atomic E-state index is -0.143. The maximum absolute atomic E-state index is 10.1. The molecule has 4 nitrogen and oxygen atoms in total. The fraction of sp³-hybridized carbons (Fsp3) is 0.267. The maximum Gasteiger partial charge on any atom is 0.142 e. The second-order valence-electron chi connectivity index (χ2n) is 4.67. The number of hydrogen-bond acceptors (Lipinski definition) is 4. The van der Waals surface area contributed by atoms with Crippen molar-refractivity contribution >= 4 is 21.6 Å². The topological polar surface area (TPSA) is 65.4 Å². The maximum atomic E-state index is 10.1. The first-order valence-electron chi connectivity index (χ1n) is 6.30. The normalized spacial score (nSPS) is 10.6. The highest BCUT2D eigenvalue weighted by atomic mass is 79.9. The van der Waals surface area contributed by atoms with Crippen molar-refractivity contribution in [2.24, 2.45) is 0 Å². The van der Waals surface area contributed by atoms with E-state index in [0.717, 1.165) is 15.7 Å². The number of nitrogens with zero attached hydrogens (tertiary/aromatic N) is 1. The first kappa shape index (κ1) is 14.8. The number of pyridine rings is 1. The van der Waals surface area contributed by atoms with Crippen LogP contribution in [0.1, 0.15) is 22.4 Å². The van der Waals surface area contributed by atoms with Gasteiger partial charge in [0.2, 0.25) is 0 Å². The standard InChI is InChI=1S/C15H17BrN2O2/c1-9-3-4-12(5-14(9)16)18-7-13-11(8-19)6-17-10(2)15(13)20/h3-6,18-20H,7-8H2,1-2H3. The average Bonchev–Trinajstić information content (AvgIpc) is 2.44. The molecule has 0 atom stereocenters. The molecule has 1 aromatic carbocycles. The molecule has 5 heteroatoms. The Morgan fingerprint density at radius 3 is 2.70 bits per heavy atom. The van der Waals surface area contributed by atoms with Gasteiger partial charge in [0.1, 0.15) is 5.75 Å². The molecule has 3 N–H and O–H groups in total. The second kappa shape index (κ2) is 6.24. The molecule has 0 fully saturated rings. The lowest BCUT2D eigenvalue weighted by atomic mass is 10.1. The Morgan fingerprint density at radius 2 is 2.05 bits per heavy atom. The summed E-state index contributed by atoms with van der Waals surface area (Å²) in [6, 6.07) is 5.97. The fourth-order valence-corrected chi connectivity index (χ4v) is 2.29. The van der Waals surface area contributed by atoms with Crippen LogP contribution in [0.4, 0.5) is 5.69 Å². The van der Waals surface area contributed by atoms with E-state index in [1.807, 2.05) is 25.1 Å². The molecule has 106 valence electrons. The van der Waals surface area contributed by atoms with Gasteiger partial charge in [0, 0.05) is 34.0 Å². The zero-order valence-electron chi connectivity index (χ0n) is 11.4. The van der Waals surface area contributed by atoms with Gasteiger partial charge in [-0.25, -0.2) is 0 Å². The minimum Gasteiger partial charge on any atom is -0.506 e. The summed E-state index contributed by atoms with van der Waals surface area (Å²) in [6.45, 7) is 4.05. The van der Waals surface area contributed by atoms with Crippen molar-refractivity contribution in [3.8, 4) is 5.75 Å². The van der Waals surface area contributed by atoms with Gasteiger partial charge >= 0.3 is 0 Å². The number of hydrogen-bond donors (Lipinski definition) is 3. The molecular weight excluding hydrogens is 320 g/mol. The molecule has 0 saturated carbocycles. The second-order valence-corrected chi connectivity index (χ2v) is 5.53. The summed E-state index contributed by atoms with van der Waals surface area (Å²) in [5.41, 5.74) is 3.97. The van der Waals surface area contributed by atoms with Gasteiger partial charge in [-0.05, 0) is 31.5 Å². The molecule has 0 saturated heterocycles. The SMILES string of the molecule is Cc1ccc(NCc2c(CO)cnc(C)c2O)cc1Br. The monoisotopic (exact) mass is 336 g/mol. The molecule has 0 aliphatic carbocycles. The van der Waals surface area contributed by atoms with E-state index in [2.05, 4.69) is 26.2 Å². The van der Waals surface area contributed by atoms with E-state index < -0.39 is 0 Å². The van der Waals surface area contributed by atoms with Crippen LogP contribution < -0.4 is 5.32 Å². The predicted molar refractivity (Wildman–Crippen MR) is 82.8 cm³/mol. The van der Waals surface area contributed by atoms with Gasteiger partial charge in [0.15, 0.2) is 0 Å². The average molecular weight is 337 g/mol. The van der Waals surface area contributed by atoms with Crippen molar-refractivity contribution < 1.29 is 10.2 Å². The number of rotatable bonds is 4. The third kappa shape index (κ3) is 3.11. The Labute approximate surface area is 126 Å². The van der Waals surface area contributed by atoms with Crippen LogP contribution in [0.3, 0.4) is 0 Å². The number of benzene rings is 1. The van der Waals surface area contributed by atoms with E-state index in [1.165, 1.54) is 0 Å². The summed E-state index contributed by atoms with van der Waals surface area (Å²) in [5, 5.41) is 22.6. The van der Waals surface area contributed by atoms with E-state index in [1.54, 1.807) is 13.1 Å². The predicted octanol–water partition coefficient (Wildman–Crippen LogP) is 3.27. The zero-order valence-corrected chi connectivity index (χ0v) is 13.0. The molecule has 0 amide bonds. The Kier molecular flexibility index (Phi) is 4.62. The van der Waals surface area contributed by atoms with Crippen LogP contribution in [0.15, 0.2) is 28.9 Å². The van der Waals surface area contributed by atoms with E-state index >= 15 is 0 Å². The summed E-state index contributed by atoms with van der Waals surface area (Å²) < 4.78 is 1.03. The van der Waals surface area contributed by atoms with Crippen LogP contribution in [0, 0.1) is 13.8 Å². The number of halogens is 1. The van der Waals surface area contributed by atoms with Crippen LogP contribution in [-0.2, 0) is 13.2 Å². The smallest absolute Gasteiger partial charge is 0.142 e. The number of aromatic nitrogens is 1. The molecule has 0 radical (unpaired) electrons. The quantitative estimate of drug-likeness (QED) is 0.801. The van der Waals surface area contributed by atoms with Crippen LogP contribution in [0.5, 0.6) is 5.75 Å². The highest BCUT2D eigenvalue weighted by Gasteiger charge is 2.11. The number of nitrogens with one attached hydrogen (secondary N) is 1. The number of aromatic hydroxyl groups is 1. The van der Waals surface area contributed by atoms with Crippen molar-refractivity contribution in [3.63, 3.8) is 0 Å². The van der Waals surface area contributed by atoms with E-state index in [-0.39, 0.29) is 12.4 Å². The molecule has 2 rings (SSSR count). The van der Waals surface area contributed by atoms with Gasteiger partial charge in [0.05, 0.1) is 12.3 Å². The first-order valence-corrected chi connectivity index (χ1v) is 7.09. The van der Waals surface area contributed by atoms with Crippen molar-refractivity contribution in [2.45, 2.75) is 27.0 Å². The summed E-state index contributed by atoms with van der Waals surface area (Å²) in [4.78, 5) is 4.05. The van der Waals surface area contributed by atoms with Crippen molar-refractivity contribution in [1.29, 1.82) is 0 Å². The fourth-order valence-electron chi connectivity index (χ4n) is 1.91. The van der Waals surface area contributed by atoms with E-state index in [4.69, 9.17) is 0 Å². The number of aliphatic hydroxyl groups is 1. The lowest BCUT2D eigenvalue weighted by Gasteiger charge is -2.13. The number of aryl methyl sites for hydroxylation is 2. The molecule has 0 spiro atoms. The molecule has 20 heavy (non-hydrogen) atoms. The molecule has 1 aromatic heterocycles. The summed E-state index contributed by atoms with van der Waals surface area (Å²) in [5.74, 6) is 0.134. The molecule has 0 unspecified atom stereocenters. The van der Waals surface area contributed by atoms with E-state index in [9.17, 15) is 10.2 Å². The van der Waals surface area contributed by atoms with Gasteiger partial charge in [0.25, 0.3) is 0 Å². The lowest BCUT2D eigenvalue weighted by Crippen LogP contribution is -2.05. The third-order valence-electron chi connectivity index (χ3n) is 3.24. The van der Waals surface area contributed by atoms with Crippen LogP contribution in [-0.4, -0.2) is 15.2 Å². The van der Waals surface area contributed by atoms with Crippen LogP contribution >= 0.6 is 15.9 Å². The van der Waals surface area contributed by atoms with Gasteiger partial charge < -0.3 is 15.5 Å². The third-order valence-corrected chi connectivity index (χ3v) is 4.10. The summed E-state index contributed by atoms with van der Waals surface area (Å²) >= 11 is 3.49. The zero-order chi connectivity index (χ0) is 14.7. The van der Waals surface area contributed by atoms with Crippen LogP contribution in [0.2, 0.25) is 0 Å². The molecular formula is C15H17BrN2O2. The number of aliphatic hydroxyl groups excluding tert-OH is 1. The minimum absolute atomic E-state index is 0.134. The van der Waals surface area contributed by atoms with Gasteiger partial charge in [-0.2, -0.15) is 0 Å². The highest BCUT2D eigenvalue weighted by molar-refractivity contribution is 9.10. The van der Waals surface area contributed by atoms with Crippen LogP contribution in [0.25, 0.3) is 0 Å². The van der Waals surface area contributed by atoms with E-state index in [0.29, 0.717) is 23.4 Å². The number of anilines is 1. The first-order chi connectivity index (χ1) is 9.52. The Hall–Kier alpha value is -1.59. The lowest BCUT2D eigenvalue weighted by molar-refractivity contribution is 0.279. The van der Waals surface area contributed by atoms with Crippen molar-refractivity contribution in [1.82, 2.24) is 4.98 Å². The molecule has 1 heterocycles. The Morgan fingerprint density at radius 1 is 1.30 bits per heavy atom. The van der Waals surface area contributed by atoms with Crippen molar-refractivity contribution in [3.05, 3.63) is 51.3 Å². The van der Waals surface area contributed by atoms with Gasteiger partial charge in [-0.15, -0.1) is 0 Å². The Balaban J connectivity index is 2.22. The largest absolute Gasteiger partial charge is 0.506 e. The summed E-state index contributed by atoms with van der Waals surface area (Å²) in [6.07, 6.45) is 1.59. The molecule has 0 bridgehead atoms. The Bertz CT molecular complexity index is 630.